The van der Waals surface area contributed by atoms with Crippen LogP contribution < -0.4 is 28.7 Å². The van der Waals surface area contributed by atoms with Crippen LogP contribution in [0.3, 0.4) is 0 Å². The maximum absolute atomic E-state index is 11.1. The summed E-state index contributed by atoms with van der Waals surface area (Å²) < 4.78 is 34.9. The fraction of sp³-hybridized carbons (Fsp3) is 1.00. The van der Waals surface area contributed by atoms with E-state index in [-0.39, 0.29) is 19.6 Å². The summed E-state index contributed by atoms with van der Waals surface area (Å²) in [5.74, 6) is 0. The number of aliphatic hydroxyl groups excluding tert-OH is 6. The molecule has 1 saturated carbocycles. The van der Waals surface area contributed by atoms with E-state index in [1.165, 1.54) is 0 Å². The summed E-state index contributed by atoms with van der Waals surface area (Å²) in [7, 11) is 0. The van der Waals surface area contributed by atoms with E-state index >= 15 is 0 Å². The topological polar surface area (TPSA) is 307 Å². The molecule has 0 spiro atoms. The van der Waals surface area contributed by atoms with Crippen molar-refractivity contribution in [3.63, 3.8) is 0 Å². The van der Waals surface area contributed by atoms with Gasteiger partial charge in [0.05, 0.1) is 37.5 Å². The van der Waals surface area contributed by atoms with Crippen LogP contribution >= 0.6 is 0 Å². The molecule has 1 aliphatic carbocycles. The molecule has 0 bridgehead atoms. The maximum atomic E-state index is 11.1. The quantitative estimate of drug-likeness (QED) is 0.120. The highest BCUT2D eigenvalue weighted by molar-refractivity contribution is 5.01. The third kappa shape index (κ3) is 6.61. The molecule has 3 saturated heterocycles. The fourth-order valence-corrected chi connectivity index (χ4v) is 5.61. The molecule has 17 heteroatoms. The molecule has 234 valence electrons. The second-order valence-corrected chi connectivity index (χ2v) is 11.0. The van der Waals surface area contributed by atoms with Crippen LogP contribution in [-0.2, 0) is 28.4 Å². The Labute approximate surface area is 231 Å². The van der Waals surface area contributed by atoms with E-state index in [4.69, 9.17) is 57.1 Å². The summed E-state index contributed by atoms with van der Waals surface area (Å²) in [5, 5.41) is 61.9. The minimum atomic E-state index is -1.54. The molecule has 4 aliphatic rings. The lowest BCUT2D eigenvalue weighted by molar-refractivity contribution is -0.290. The number of ether oxygens (including phenoxy) is 6. The van der Waals surface area contributed by atoms with E-state index in [9.17, 15) is 30.6 Å². The molecule has 17 nitrogen and oxygen atoms in total. The molecular formula is C23H45N5O12. The van der Waals surface area contributed by atoms with Crippen LogP contribution in [-0.4, -0.2) is 154 Å². The zero-order chi connectivity index (χ0) is 29.3. The molecule has 3 heterocycles. The molecule has 0 aromatic rings. The van der Waals surface area contributed by atoms with Crippen molar-refractivity contribution in [2.75, 3.05) is 19.8 Å². The van der Waals surface area contributed by atoms with Gasteiger partial charge in [0.25, 0.3) is 0 Å². The first-order valence-electron chi connectivity index (χ1n) is 13.6. The first-order chi connectivity index (χ1) is 19.0. The van der Waals surface area contributed by atoms with Gasteiger partial charge in [-0.3, -0.25) is 0 Å². The molecule has 0 radical (unpaired) electrons. The van der Waals surface area contributed by atoms with Gasteiger partial charge >= 0.3 is 0 Å². The monoisotopic (exact) mass is 583 g/mol. The van der Waals surface area contributed by atoms with Crippen molar-refractivity contribution in [3.05, 3.63) is 0 Å². The Kier molecular flexibility index (Phi) is 11.1. The Morgan fingerprint density at radius 3 is 1.90 bits per heavy atom. The molecule has 4 fully saturated rings. The number of rotatable bonds is 9. The van der Waals surface area contributed by atoms with Gasteiger partial charge in [-0.05, 0) is 19.3 Å². The van der Waals surface area contributed by atoms with Crippen molar-refractivity contribution in [1.29, 1.82) is 0 Å². The summed E-state index contributed by atoms with van der Waals surface area (Å²) in [5.41, 5.74) is 30.2. The average Bonchev–Trinajstić information content (AvgIpc) is 3.23. The Bertz CT molecular complexity index is 805. The van der Waals surface area contributed by atoms with Crippen LogP contribution in [0.15, 0.2) is 0 Å². The van der Waals surface area contributed by atoms with Crippen LogP contribution in [0, 0.1) is 0 Å². The highest BCUT2D eigenvalue weighted by atomic mass is 16.8. The van der Waals surface area contributed by atoms with Crippen molar-refractivity contribution in [1.82, 2.24) is 0 Å². The Morgan fingerprint density at radius 1 is 0.600 bits per heavy atom. The smallest absolute Gasteiger partial charge is 0.187 e. The third-order valence-corrected chi connectivity index (χ3v) is 8.09. The van der Waals surface area contributed by atoms with Crippen molar-refractivity contribution in [3.8, 4) is 0 Å². The van der Waals surface area contributed by atoms with Crippen molar-refractivity contribution in [2.24, 2.45) is 28.7 Å². The van der Waals surface area contributed by atoms with Gasteiger partial charge in [0.2, 0.25) is 0 Å². The lowest BCUT2D eigenvalue weighted by atomic mass is 9.84. The summed E-state index contributed by atoms with van der Waals surface area (Å²) in [4.78, 5) is 0. The molecule has 0 amide bonds. The van der Waals surface area contributed by atoms with Crippen LogP contribution in [0.2, 0.25) is 0 Å². The van der Waals surface area contributed by atoms with Crippen LogP contribution in [0.4, 0.5) is 0 Å². The Hall–Kier alpha value is -0.680. The lowest BCUT2D eigenvalue weighted by Crippen LogP contribution is -2.65. The molecule has 16 N–H and O–H groups in total. The molecule has 3 aliphatic heterocycles. The van der Waals surface area contributed by atoms with Gasteiger partial charge in [-0.1, -0.05) is 0 Å². The number of hydrogen-bond acceptors (Lipinski definition) is 17. The average molecular weight is 584 g/mol. The van der Waals surface area contributed by atoms with Crippen LogP contribution in [0.1, 0.15) is 19.3 Å². The van der Waals surface area contributed by atoms with E-state index in [0.717, 1.165) is 0 Å². The molecule has 17 atom stereocenters. The van der Waals surface area contributed by atoms with Crippen LogP contribution in [0.25, 0.3) is 0 Å². The summed E-state index contributed by atoms with van der Waals surface area (Å²) in [6, 6.07) is -3.25. The van der Waals surface area contributed by atoms with Crippen molar-refractivity contribution < 1.29 is 59.1 Å². The SMILES string of the molecule is NC[C@@H]1O[C@H](O[C@H]2[C@@H](O)[C@H](O[C@@H]3[C@@H](O)[C@H](N)C[C@H](N)[C@H]3O[C@H]3O[C@H](CO)CC[C@H]3N)O[C@@H]2CO)[C@H](N)[C@@H](O)[C@@H]1O. The number of nitrogens with two attached hydrogens (primary N) is 5. The van der Waals surface area contributed by atoms with Crippen molar-refractivity contribution in [2.45, 2.75) is 123 Å². The third-order valence-electron chi connectivity index (χ3n) is 8.09. The van der Waals surface area contributed by atoms with Gasteiger partial charge in [0.1, 0.15) is 48.8 Å². The van der Waals surface area contributed by atoms with Gasteiger partial charge in [0.15, 0.2) is 18.9 Å². The predicted molar refractivity (Wildman–Crippen MR) is 134 cm³/mol. The summed E-state index contributed by atoms with van der Waals surface area (Å²) >= 11 is 0. The molecule has 0 aromatic heterocycles. The van der Waals surface area contributed by atoms with Crippen molar-refractivity contribution >= 4 is 0 Å². The largest absolute Gasteiger partial charge is 0.394 e. The molecule has 0 unspecified atom stereocenters. The molecule has 0 aromatic carbocycles. The standard InChI is InChI=1S/C23H45N5O12/c24-4-11-15(32)16(33)13(28)22(36-11)39-19-12(6-30)37-23(17(19)34)40-20-14(31)9(26)3-10(27)18(20)38-21-8(25)2-1-7(5-29)35-21/h7-23,29-34H,1-6,24-28H2/t7-,8+,9+,10-,11-,12+,13+,14-,15+,16+,17+,18+,19+,20+,21+,22+,23-/m0/s1. The minimum absolute atomic E-state index is 0.140. The fourth-order valence-electron chi connectivity index (χ4n) is 5.61. The summed E-state index contributed by atoms with van der Waals surface area (Å²) in [6.45, 7) is -0.966. The van der Waals surface area contributed by atoms with Gasteiger partial charge in [-0.25, -0.2) is 0 Å². The molecule has 4 rings (SSSR count). The zero-order valence-electron chi connectivity index (χ0n) is 22.1. The van der Waals surface area contributed by atoms with Gasteiger partial charge < -0.3 is 87.7 Å². The van der Waals surface area contributed by atoms with E-state index in [1.54, 1.807) is 0 Å². The van der Waals surface area contributed by atoms with E-state index < -0.39 is 111 Å². The number of hydrogen-bond donors (Lipinski definition) is 11. The van der Waals surface area contributed by atoms with Gasteiger partial charge in [-0.15, -0.1) is 0 Å². The van der Waals surface area contributed by atoms with Gasteiger partial charge in [-0.2, -0.15) is 0 Å². The predicted octanol–water partition coefficient (Wildman–Crippen LogP) is -6.80. The van der Waals surface area contributed by atoms with E-state index in [0.29, 0.717) is 12.8 Å². The number of aliphatic hydroxyl groups is 6. The summed E-state index contributed by atoms with van der Waals surface area (Å²) in [6.07, 6.45) is -14.1. The zero-order valence-corrected chi connectivity index (χ0v) is 22.1. The Balaban J connectivity index is 1.48. The first-order valence-corrected chi connectivity index (χ1v) is 13.6. The highest BCUT2D eigenvalue weighted by Gasteiger charge is 2.53. The molecule has 40 heavy (non-hydrogen) atoms. The van der Waals surface area contributed by atoms with E-state index in [2.05, 4.69) is 0 Å². The molecular weight excluding hydrogens is 538 g/mol. The van der Waals surface area contributed by atoms with Crippen LogP contribution in [0.5, 0.6) is 0 Å². The van der Waals surface area contributed by atoms with Gasteiger partial charge in [0, 0.05) is 18.6 Å². The second kappa shape index (κ2) is 13.7. The van der Waals surface area contributed by atoms with E-state index in [1.807, 2.05) is 0 Å². The minimum Gasteiger partial charge on any atom is -0.394 e. The first kappa shape index (κ1) is 32.2. The second-order valence-electron chi connectivity index (χ2n) is 11.0. The maximum Gasteiger partial charge on any atom is 0.187 e. The highest BCUT2D eigenvalue weighted by Crippen LogP contribution is 2.34. The Morgan fingerprint density at radius 2 is 1.25 bits per heavy atom. The normalized spacial score (nSPS) is 52.1. The lowest BCUT2D eigenvalue weighted by Gasteiger charge is -2.45.